The van der Waals surface area contributed by atoms with Gasteiger partial charge in [0.05, 0.1) is 6.61 Å². The van der Waals surface area contributed by atoms with E-state index in [1.54, 1.807) is 31.5 Å². The molecule has 2 aliphatic heterocycles. The van der Waals surface area contributed by atoms with Crippen LogP contribution in [0, 0.1) is 11.8 Å². The van der Waals surface area contributed by atoms with Crippen molar-refractivity contribution in [3.05, 3.63) is 65.5 Å². The van der Waals surface area contributed by atoms with Crippen LogP contribution >= 0.6 is 0 Å². The monoisotopic (exact) mass is 419 g/mol. The third-order valence-electron chi connectivity index (χ3n) is 6.31. The van der Waals surface area contributed by atoms with Crippen molar-refractivity contribution in [2.75, 3.05) is 26.2 Å². The highest BCUT2D eigenvalue weighted by Gasteiger charge is 2.49. The fourth-order valence-electron chi connectivity index (χ4n) is 4.78. The highest BCUT2D eigenvalue weighted by molar-refractivity contribution is 5.94. The Labute approximate surface area is 183 Å². The number of carbonyl (C=O) groups excluding carboxylic acids is 1. The minimum Gasteiger partial charge on any atom is -0.395 e. The third kappa shape index (κ3) is 4.64. The molecule has 0 saturated carbocycles. The van der Waals surface area contributed by atoms with E-state index in [-0.39, 0.29) is 30.5 Å². The summed E-state index contributed by atoms with van der Waals surface area (Å²) in [6.45, 7) is 4.08. The van der Waals surface area contributed by atoms with Crippen LogP contribution in [-0.4, -0.2) is 75.3 Å². The number of rotatable bonds is 3. The summed E-state index contributed by atoms with van der Waals surface area (Å²) in [4.78, 5) is 21.4. The van der Waals surface area contributed by atoms with E-state index in [1.165, 1.54) is 0 Å². The van der Waals surface area contributed by atoms with Crippen LogP contribution in [0.5, 0.6) is 0 Å². The van der Waals surface area contributed by atoms with Crippen LogP contribution in [0.15, 0.2) is 48.8 Å². The summed E-state index contributed by atoms with van der Waals surface area (Å²) in [7, 11) is 0. The van der Waals surface area contributed by atoms with E-state index in [0.29, 0.717) is 12.1 Å². The fourth-order valence-corrected chi connectivity index (χ4v) is 4.78. The van der Waals surface area contributed by atoms with Gasteiger partial charge in [-0.25, -0.2) is 0 Å². The van der Waals surface area contributed by atoms with Gasteiger partial charge in [-0.15, -0.1) is 0 Å². The zero-order valence-electron chi connectivity index (χ0n) is 17.8. The first-order valence-electron chi connectivity index (χ1n) is 10.9. The van der Waals surface area contributed by atoms with Gasteiger partial charge in [0.1, 0.15) is 6.10 Å². The van der Waals surface area contributed by atoms with Gasteiger partial charge < -0.3 is 15.1 Å². The average molecular weight is 420 g/mol. The molecule has 2 fully saturated rings. The number of aromatic nitrogens is 1. The van der Waals surface area contributed by atoms with Gasteiger partial charge in [-0.2, -0.15) is 0 Å². The smallest absolute Gasteiger partial charge is 0.254 e. The summed E-state index contributed by atoms with van der Waals surface area (Å²) in [5.74, 6) is 5.93. The van der Waals surface area contributed by atoms with Crippen LogP contribution in [0.3, 0.4) is 0 Å². The lowest BCUT2D eigenvalue weighted by Gasteiger charge is -2.57. The van der Waals surface area contributed by atoms with Crippen LogP contribution in [-0.2, 0) is 0 Å². The largest absolute Gasteiger partial charge is 0.395 e. The molecule has 162 valence electrons. The Morgan fingerprint density at radius 1 is 1.16 bits per heavy atom. The van der Waals surface area contributed by atoms with Crippen molar-refractivity contribution < 1.29 is 15.0 Å². The molecular formula is C25H29N3O3. The molecule has 0 bridgehead atoms. The van der Waals surface area contributed by atoms with E-state index in [4.69, 9.17) is 0 Å². The first kappa shape index (κ1) is 21.5. The van der Waals surface area contributed by atoms with Crippen molar-refractivity contribution in [3.8, 4) is 11.8 Å². The van der Waals surface area contributed by atoms with E-state index < -0.39 is 6.10 Å². The first-order valence-corrected chi connectivity index (χ1v) is 10.9. The molecule has 0 radical (unpaired) electrons. The second kappa shape index (κ2) is 9.61. The Balaban J connectivity index is 1.56. The summed E-state index contributed by atoms with van der Waals surface area (Å²) in [5.41, 5.74) is 2.67. The predicted molar refractivity (Wildman–Crippen MR) is 118 cm³/mol. The van der Waals surface area contributed by atoms with Crippen LogP contribution in [0.2, 0.25) is 0 Å². The zero-order chi connectivity index (χ0) is 21.8. The number of hydrogen-bond donors (Lipinski definition) is 2. The second-order valence-corrected chi connectivity index (χ2v) is 8.34. The molecule has 2 saturated heterocycles. The van der Waals surface area contributed by atoms with Gasteiger partial charge in [0.25, 0.3) is 5.91 Å². The molecule has 2 aliphatic rings. The number of amides is 1. The average Bonchev–Trinajstić information content (AvgIpc) is 2.77. The van der Waals surface area contributed by atoms with Gasteiger partial charge in [-0.3, -0.25) is 14.7 Å². The molecule has 1 aromatic heterocycles. The van der Waals surface area contributed by atoms with Crippen molar-refractivity contribution in [3.63, 3.8) is 0 Å². The van der Waals surface area contributed by atoms with E-state index >= 15 is 0 Å². The van der Waals surface area contributed by atoms with Gasteiger partial charge in [0, 0.05) is 54.6 Å². The summed E-state index contributed by atoms with van der Waals surface area (Å²) in [5, 5.41) is 19.5. The molecule has 2 aromatic rings. The lowest BCUT2D eigenvalue weighted by molar-refractivity contribution is -0.0606. The number of nitrogens with zero attached hydrogens (tertiary/aromatic N) is 3. The number of aliphatic hydroxyl groups excluding tert-OH is 2. The van der Waals surface area contributed by atoms with Crippen LogP contribution in [0.1, 0.15) is 47.2 Å². The molecule has 0 aliphatic carbocycles. The van der Waals surface area contributed by atoms with Gasteiger partial charge in [0.15, 0.2) is 0 Å². The van der Waals surface area contributed by atoms with E-state index in [2.05, 4.69) is 33.9 Å². The maximum atomic E-state index is 13.1. The fraction of sp³-hybridized carbons (Fsp3) is 0.440. The summed E-state index contributed by atoms with van der Waals surface area (Å²) in [6, 6.07) is 11.8. The molecular weight excluding hydrogens is 390 g/mol. The van der Waals surface area contributed by atoms with Crippen LogP contribution in [0.4, 0.5) is 0 Å². The number of fused-ring (bicyclic) bond motifs is 1. The van der Waals surface area contributed by atoms with E-state index in [1.807, 2.05) is 17.0 Å². The Bertz CT molecular complexity index is 949. The molecule has 0 unspecified atom stereocenters. The topological polar surface area (TPSA) is 76.9 Å². The van der Waals surface area contributed by atoms with Gasteiger partial charge in [-0.1, -0.05) is 24.0 Å². The zero-order valence-corrected chi connectivity index (χ0v) is 17.8. The van der Waals surface area contributed by atoms with Gasteiger partial charge in [-0.05, 0) is 56.1 Å². The molecule has 3 heterocycles. The standard InChI is InChI=1S/C25H29N3O3/c1-18(30)4-5-19-6-8-20(9-7-19)24-22-16-27(25(31)21-10-12-26-13-11-21)14-2-3-15-28(22)23(24)17-29/h6-13,18,22-24,29-30H,2-3,14-17H2,1H3/t18-,22-,23-,24-/m1/s1. The van der Waals surface area contributed by atoms with Crippen LogP contribution < -0.4 is 0 Å². The molecule has 6 heteroatoms. The highest BCUT2D eigenvalue weighted by atomic mass is 16.3. The SMILES string of the molecule is C[C@@H](O)C#Cc1ccc([C@H]2[C@@H](CO)N3CCCCN(C(=O)c4ccncc4)C[C@H]23)cc1. The quantitative estimate of drug-likeness (QED) is 0.743. The minimum atomic E-state index is -0.655. The lowest BCUT2D eigenvalue weighted by Crippen LogP contribution is -2.67. The molecule has 1 aromatic carbocycles. The van der Waals surface area contributed by atoms with E-state index in [9.17, 15) is 15.0 Å². The van der Waals surface area contributed by atoms with Crippen LogP contribution in [0.25, 0.3) is 0 Å². The van der Waals surface area contributed by atoms with Crippen molar-refractivity contribution in [2.24, 2.45) is 0 Å². The molecule has 0 spiro atoms. The normalized spacial score (nSPS) is 24.6. The predicted octanol–water partition coefficient (Wildman–Crippen LogP) is 1.88. The Morgan fingerprint density at radius 2 is 1.87 bits per heavy atom. The highest BCUT2D eigenvalue weighted by Crippen LogP contribution is 2.42. The minimum absolute atomic E-state index is 0.0409. The molecule has 2 N–H and O–H groups in total. The molecule has 6 nitrogen and oxygen atoms in total. The number of carbonyl (C=O) groups is 1. The Morgan fingerprint density at radius 3 is 2.55 bits per heavy atom. The van der Waals surface area contributed by atoms with Crippen molar-refractivity contribution in [2.45, 2.75) is 43.9 Å². The summed E-state index contributed by atoms with van der Waals surface area (Å²) >= 11 is 0. The number of pyridine rings is 1. The first-order chi connectivity index (χ1) is 15.1. The van der Waals surface area contributed by atoms with Gasteiger partial charge >= 0.3 is 0 Å². The van der Waals surface area contributed by atoms with Gasteiger partial charge in [0.2, 0.25) is 0 Å². The lowest BCUT2D eigenvalue weighted by atomic mass is 9.74. The molecule has 4 rings (SSSR count). The summed E-state index contributed by atoms with van der Waals surface area (Å²) < 4.78 is 0. The maximum Gasteiger partial charge on any atom is 0.254 e. The number of benzene rings is 1. The third-order valence-corrected chi connectivity index (χ3v) is 6.31. The van der Waals surface area contributed by atoms with E-state index in [0.717, 1.165) is 37.1 Å². The number of hydrogen-bond acceptors (Lipinski definition) is 5. The second-order valence-electron chi connectivity index (χ2n) is 8.34. The van der Waals surface area contributed by atoms with Crippen molar-refractivity contribution in [1.29, 1.82) is 0 Å². The molecule has 4 atom stereocenters. The number of aliphatic hydroxyl groups is 2. The van der Waals surface area contributed by atoms with Crippen molar-refractivity contribution in [1.82, 2.24) is 14.8 Å². The maximum absolute atomic E-state index is 13.1. The van der Waals surface area contributed by atoms with Crippen molar-refractivity contribution >= 4 is 5.91 Å². The molecule has 31 heavy (non-hydrogen) atoms. The molecule has 1 amide bonds. The Kier molecular flexibility index (Phi) is 6.67. The Hall–Kier alpha value is -2.72. The summed E-state index contributed by atoms with van der Waals surface area (Å²) in [6.07, 6.45) is 4.61.